The molecular weight excluding hydrogens is 310 g/mol. The van der Waals surface area contributed by atoms with E-state index in [1.807, 2.05) is 80.6 Å². The number of carbonyl (C=O) groups excluding carboxylic acids is 1. The normalized spacial score (nSPS) is 14.9. The first kappa shape index (κ1) is 18.9. The topological polar surface area (TPSA) is 40.5 Å². The molecule has 1 amide bonds. The van der Waals surface area contributed by atoms with E-state index in [2.05, 4.69) is 6.08 Å². The molecule has 0 spiro atoms. The van der Waals surface area contributed by atoms with Gasteiger partial charge >= 0.3 is 0 Å². The van der Waals surface area contributed by atoms with E-state index in [9.17, 15) is 9.90 Å². The first-order chi connectivity index (χ1) is 12.0. The lowest BCUT2D eigenvalue weighted by atomic mass is 9.94. The van der Waals surface area contributed by atoms with E-state index in [1.54, 1.807) is 11.9 Å². The minimum atomic E-state index is -0.702. The molecule has 2 rings (SSSR count). The molecule has 0 saturated carbocycles. The molecule has 2 aromatic rings. The monoisotopic (exact) mass is 337 g/mol. The Morgan fingerprint density at radius 1 is 1.04 bits per heavy atom. The maximum Gasteiger partial charge on any atom is 0.223 e. The third-order valence-corrected chi connectivity index (χ3v) is 4.65. The number of rotatable bonds is 7. The van der Waals surface area contributed by atoms with Crippen LogP contribution in [0.25, 0.3) is 0 Å². The van der Waals surface area contributed by atoms with Crippen LogP contribution in [0, 0.1) is 0 Å². The first-order valence-corrected chi connectivity index (χ1v) is 8.71. The lowest BCUT2D eigenvalue weighted by molar-refractivity contribution is -0.134. The summed E-state index contributed by atoms with van der Waals surface area (Å²) in [6.07, 6.45) is 3.72. The van der Waals surface area contributed by atoms with Crippen molar-refractivity contribution < 1.29 is 9.90 Å². The fraction of sp³-hybridized carbons (Fsp3) is 0.318. The van der Waals surface area contributed by atoms with Gasteiger partial charge in [-0.2, -0.15) is 0 Å². The van der Waals surface area contributed by atoms with Crippen molar-refractivity contribution in [3.05, 3.63) is 83.9 Å². The van der Waals surface area contributed by atoms with Gasteiger partial charge in [0.15, 0.2) is 0 Å². The highest BCUT2D eigenvalue weighted by atomic mass is 16.3. The van der Waals surface area contributed by atoms with Crippen LogP contribution in [-0.2, 0) is 4.79 Å². The smallest absolute Gasteiger partial charge is 0.223 e. The molecular formula is C22H27NO2. The number of hydrogen-bond donors (Lipinski definition) is 1. The van der Waals surface area contributed by atoms with Crippen molar-refractivity contribution in [2.24, 2.45) is 0 Å². The minimum absolute atomic E-state index is 0.0226. The molecule has 0 aliphatic rings. The van der Waals surface area contributed by atoms with Gasteiger partial charge in [-0.1, -0.05) is 72.8 Å². The van der Waals surface area contributed by atoms with E-state index in [0.717, 1.165) is 11.1 Å². The lowest BCUT2D eigenvalue weighted by Gasteiger charge is -2.30. The number of benzene rings is 2. The first-order valence-electron chi connectivity index (χ1n) is 8.71. The van der Waals surface area contributed by atoms with E-state index in [-0.39, 0.29) is 17.9 Å². The van der Waals surface area contributed by atoms with Gasteiger partial charge in [0.1, 0.15) is 0 Å². The van der Waals surface area contributed by atoms with Crippen molar-refractivity contribution in [3.63, 3.8) is 0 Å². The summed E-state index contributed by atoms with van der Waals surface area (Å²) >= 11 is 0. The SMILES string of the molecule is C/C=C/[C@H](CC(=O)N(C)[C@@H](C)[C@@H](O)c1ccccc1)c1ccccc1. The van der Waals surface area contributed by atoms with Crippen molar-refractivity contribution in [3.8, 4) is 0 Å². The summed E-state index contributed by atoms with van der Waals surface area (Å²) in [6, 6.07) is 19.2. The molecule has 0 unspecified atom stereocenters. The molecule has 1 N–H and O–H groups in total. The second kappa shape index (κ2) is 9.19. The zero-order chi connectivity index (χ0) is 18.2. The summed E-state index contributed by atoms with van der Waals surface area (Å²) in [5.74, 6) is 0.0663. The Labute approximate surface area is 150 Å². The van der Waals surface area contributed by atoms with Gasteiger partial charge in [0.05, 0.1) is 12.1 Å². The number of nitrogens with zero attached hydrogens (tertiary/aromatic N) is 1. The van der Waals surface area contributed by atoms with Gasteiger partial charge in [-0.05, 0) is 25.0 Å². The molecule has 0 radical (unpaired) electrons. The van der Waals surface area contributed by atoms with Crippen molar-refractivity contribution >= 4 is 5.91 Å². The van der Waals surface area contributed by atoms with E-state index < -0.39 is 6.10 Å². The van der Waals surface area contributed by atoms with Gasteiger partial charge in [0.2, 0.25) is 5.91 Å². The second-order valence-electron chi connectivity index (χ2n) is 6.35. The Morgan fingerprint density at radius 2 is 1.56 bits per heavy atom. The van der Waals surface area contributed by atoms with E-state index in [0.29, 0.717) is 6.42 Å². The van der Waals surface area contributed by atoms with Crippen LogP contribution in [0.1, 0.15) is 43.4 Å². The molecule has 0 aromatic heterocycles. The summed E-state index contributed by atoms with van der Waals surface area (Å²) < 4.78 is 0. The van der Waals surface area contributed by atoms with Crippen LogP contribution in [0.4, 0.5) is 0 Å². The number of carbonyl (C=O) groups is 1. The number of likely N-dealkylation sites (N-methyl/N-ethyl adjacent to an activating group) is 1. The van der Waals surface area contributed by atoms with Crippen LogP contribution < -0.4 is 0 Å². The van der Waals surface area contributed by atoms with Crippen molar-refractivity contribution in [2.45, 2.75) is 38.3 Å². The Balaban J connectivity index is 2.07. The molecule has 3 atom stereocenters. The second-order valence-corrected chi connectivity index (χ2v) is 6.35. The molecule has 0 aliphatic heterocycles. The third-order valence-electron chi connectivity index (χ3n) is 4.65. The number of hydrogen-bond acceptors (Lipinski definition) is 2. The third kappa shape index (κ3) is 5.04. The predicted octanol–water partition coefficient (Wildman–Crippen LogP) is 4.32. The van der Waals surface area contributed by atoms with Gasteiger partial charge in [-0.3, -0.25) is 4.79 Å². The number of amides is 1. The van der Waals surface area contributed by atoms with Gasteiger partial charge in [-0.25, -0.2) is 0 Å². The molecule has 0 heterocycles. The largest absolute Gasteiger partial charge is 0.386 e. The summed E-state index contributed by atoms with van der Waals surface area (Å²) in [5.41, 5.74) is 1.95. The summed E-state index contributed by atoms with van der Waals surface area (Å²) in [6.45, 7) is 3.84. The van der Waals surface area contributed by atoms with Crippen LogP contribution in [-0.4, -0.2) is 29.0 Å². The fourth-order valence-corrected chi connectivity index (χ4v) is 2.93. The molecule has 3 nitrogen and oxygen atoms in total. The minimum Gasteiger partial charge on any atom is -0.386 e. The number of allylic oxidation sites excluding steroid dienone is 2. The highest BCUT2D eigenvalue weighted by Crippen LogP contribution is 2.25. The zero-order valence-electron chi connectivity index (χ0n) is 15.2. The molecule has 3 heteroatoms. The average Bonchev–Trinajstić information content (AvgIpc) is 2.67. The predicted molar refractivity (Wildman–Crippen MR) is 102 cm³/mol. The van der Waals surface area contributed by atoms with Crippen LogP contribution in [0.2, 0.25) is 0 Å². The Bertz CT molecular complexity index is 682. The molecule has 0 fully saturated rings. The van der Waals surface area contributed by atoms with Gasteiger partial charge in [0, 0.05) is 19.4 Å². The van der Waals surface area contributed by atoms with Crippen LogP contribution in [0.15, 0.2) is 72.8 Å². The Morgan fingerprint density at radius 3 is 2.08 bits per heavy atom. The highest BCUT2D eigenvalue weighted by Gasteiger charge is 2.25. The van der Waals surface area contributed by atoms with Crippen LogP contribution >= 0.6 is 0 Å². The van der Waals surface area contributed by atoms with Crippen LogP contribution in [0.3, 0.4) is 0 Å². The van der Waals surface area contributed by atoms with Crippen molar-refractivity contribution in [1.82, 2.24) is 4.90 Å². The Hall–Kier alpha value is -2.39. The van der Waals surface area contributed by atoms with Gasteiger partial charge in [-0.15, -0.1) is 0 Å². The summed E-state index contributed by atoms with van der Waals surface area (Å²) in [4.78, 5) is 14.4. The van der Waals surface area contributed by atoms with Crippen molar-refractivity contribution in [2.75, 3.05) is 7.05 Å². The lowest BCUT2D eigenvalue weighted by Crippen LogP contribution is -2.39. The summed E-state index contributed by atoms with van der Waals surface area (Å²) in [7, 11) is 1.76. The molecule has 0 saturated heterocycles. The van der Waals surface area contributed by atoms with Crippen molar-refractivity contribution in [1.29, 1.82) is 0 Å². The van der Waals surface area contributed by atoms with E-state index in [1.165, 1.54) is 0 Å². The molecule has 2 aromatic carbocycles. The maximum atomic E-state index is 12.8. The quantitative estimate of drug-likeness (QED) is 0.765. The van der Waals surface area contributed by atoms with Gasteiger partial charge < -0.3 is 10.0 Å². The molecule has 0 aliphatic carbocycles. The van der Waals surface area contributed by atoms with Crippen LogP contribution in [0.5, 0.6) is 0 Å². The van der Waals surface area contributed by atoms with E-state index >= 15 is 0 Å². The standard InChI is InChI=1S/C22H27NO2/c1-4-11-20(18-12-7-5-8-13-18)16-21(24)23(3)17(2)22(25)19-14-9-6-10-15-19/h4-15,17,20,22,25H,16H2,1-3H3/b11-4+/t17-,20+,22+/m0/s1. The van der Waals surface area contributed by atoms with E-state index in [4.69, 9.17) is 0 Å². The summed E-state index contributed by atoms with van der Waals surface area (Å²) in [5, 5.41) is 10.6. The molecule has 0 bridgehead atoms. The number of aliphatic hydroxyl groups is 1. The zero-order valence-corrected chi connectivity index (χ0v) is 15.2. The maximum absolute atomic E-state index is 12.8. The average molecular weight is 337 g/mol. The Kier molecular flexibility index (Phi) is 6.96. The van der Waals surface area contributed by atoms with Gasteiger partial charge in [0.25, 0.3) is 0 Å². The number of aliphatic hydroxyl groups excluding tert-OH is 1. The molecule has 132 valence electrons. The fourth-order valence-electron chi connectivity index (χ4n) is 2.93. The molecule has 25 heavy (non-hydrogen) atoms. The highest BCUT2D eigenvalue weighted by molar-refractivity contribution is 5.77.